The molecule has 0 saturated carbocycles. The van der Waals surface area contributed by atoms with E-state index < -0.39 is 0 Å². The van der Waals surface area contributed by atoms with E-state index in [2.05, 4.69) is 9.97 Å². The fraction of sp³-hybridized carbons (Fsp3) is 0.250. The van der Waals surface area contributed by atoms with E-state index in [4.69, 9.17) is 5.73 Å². The van der Waals surface area contributed by atoms with Gasteiger partial charge in [0.15, 0.2) is 0 Å². The van der Waals surface area contributed by atoms with Gasteiger partial charge in [0.1, 0.15) is 5.01 Å². The Morgan fingerprint density at radius 3 is 2.85 bits per heavy atom. The standard InChI is InChI=1S/C8H9N3S2/c1-5(9)6-3-11-8(13-6)7-2-10-4-12-7/h2-5H,9H2,1H3. The zero-order valence-corrected chi connectivity index (χ0v) is 8.73. The molecule has 0 fully saturated rings. The van der Waals surface area contributed by atoms with Gasteiger partial charge < -0.3 is 5.73 Å². The maximum Gasteiger partial charge on any atom is 0.135 e. The number of rotatable bonds is 2. The lowest BCUT2D eigenvalue weighted by Crippen LogP contribution is -2.01. The lowest BCUT2D eigenvalue weighted by molar-refractivity contribution is 0.835. The van der Waals surface area contributed by atoms with E-state index >= 15 is 0 Å². The summed E-state index contributed by atoms with van der Waals surface area (Å²) in [6.45, 7) is 1.96. The van der Waals surface area contributed by atoms with Crippen molar-refractivity contribution in [1.82, 2.24) is 9.97 Å². The second-order valence-corrected chi connectivity index (χ2v) is 4.67. The number of aromatic nitrogens is 2. The first-order valence-electron chi connectivity index (χ1n) is 3.87. The third-order valence-corrected chi connectivity index (χ3v) is 3.76. The Hall–Kier alpha value is -0.780. The highest BCUT2D eigenvalue weighted by Gasteiger charge is 2.08. The topological polar surface area (TPSA) is 51.8 Å². The molecule has 3 nitrogen and oxygen atoms in total. The van der Waals surface area contributed by atoms with Crippen molar-refractivity contribution in [3.63, 3.8) is 0 Å². The lowest BCUT2D eigenvalue weighted by atomic mass is 10.3. The van der Waals surface area contributed by atoms with E-state index in [0.29, 0.717) is 0 Å². The van der Waals surface area contributed by atoms with Gasteiger partial charge >= 0.3 is 0 Å². The third kappa shape index (κ3) is 1.77. The van der Waals surface area contributed by atoms with Crippen LogP contribution in [-0.2, 0) is 0 Å². The van der Waals surface area contributed by atoms with Crippen LogP contribution in [0.2, 0.25) is 0 Å². The largest absolute Gasteiger partial charge is 0.323 e. The summed E-state index contributed by atoms with van der Waals surface area (Å²) in [5.41, 5.74) is 7.55. The average molecular weight is 211 g/mol. The van der Waals surface area contributed by atoms with Gasteiger partial charge in [0.25, 0.3) is 0 Å². The highest BCUT2D eigenvalue weighted by atomic mass is 32.1. The van der Waals surface area contributed by atoms with Crippen molar-refractivity contribution in [2.24, 2.45) is 5.73 Å². The van der Waals surface area contributed by atoms with Gasteiger partial charge in [0.2, 0.25) is 0 Å². The van der Waals surface area contributed by atoms with Gasteiger partial charge in [-0.15, -0.1) is 22.7 Å². The quantitative estimate of drug-likeness (QED) is 0.829. The van der Waals surface area contributed by atoms with E-state index in [1.54, 1.807) is 22.7 Å². The smallest absolute Gasteiger partial charge is 0.135 e. The molecule has 5 heteroatoms. The summed E-state index contributed by atoms with van der Waals surface area (Å²) in [5, 5.41) is 1.01. The van der Waals surface area contributed by atoms with E-state index in [-0.39, 0.29) is 6.04 Å². The Labute approximate surface area is 84.3 Å². The fourth-order valence-corrected chi connectivity index (χ4v) is 2.49. The second-order valence-electron chi connectivity index (χ2n) is 2.72. The summed E-state index contributed by atoms with van der Waals surface area (Å²) in [7, 11) is 0. The Morgan fingerprint density at radius 1 is 1.46 bits per heavy atom. The molecule has 0 bridgehead atoms. The van der Waals surface area contributed by atoms with Crippen LogP contribution in [0, 0.1) is 0 Å². The van der Waals surface area contributed by atoms with Crippen molar-refractivity contribution < 1.29 is 0 Å². The predicted molar refractivity (Wildman–Crippen MR) is 55.8 cm³/mol. The van der Waals surface area contributed by atoms with Crippen LogP contribution >= 0.6 is 22.7 Å². The van der Waals surface area contributed by atoms with Crippen molar-refractivity contribution >= 4 is 22.7 Å². The average Bonchev–Trinajstić information content (AvgIpc) is 2.75. The molecule has 13 heavy (non-hydrogen) atoms. The van der Waals surface area contributed by atoms with Gasteiger partial charge in [-0.1, -0.05) is 0 Å². The molecule has 1 atom stereocenters. The maximum atomic E-state index is 5.74. The van der Waals surface area contributed by atoms with Crippen LogP contribution in [0.15, 0.2) is 17.9 Å². The van der Waals surface area contributed by atoms with Gasteiger partial charge in [-0.25, -0.2) is 4.98 Å². The molecule has 0 aliphatic carbocycles. The van der Waals surface area contributed by atoms with Gasteiger partial charge in [0.05, 0.1) is 10.4 Å². The van der Waals surface area contributed by atoms with Crippen molar-refractivity contribution in [3.8, 4) is 9.88 Å². The van der Waals surface area contributed by atoms with Crippen molar-refractivity contribution in [3.05, 3.63) is 22.8 Å². The van der Waals surface area contributed by atoms with Crippen molar-refractivity contribution in [2.45, 2.75) is 13.0 Å². The summed E-state index contributed by atoms with van der Waals surface area (Å²) in [4.78, 5) is 10.5. The van der Waals surface area contributed by atoms with Crippen molar-refractivity contribution in [1.29, 1.82) is 0 Å². The van der Waals surface area contributed by atoms with Crippen LogP contribution < -0.4 is 5.73 Å². The first-order valence-corrected chi connectivity index (χ1v) is 5.57. The molecule has 0 amide bonds. The molecule has 2 heterocycles. The van der Waals surface area contributed by atoms with Crippen LogP contribution in [0.5, 0.6) is 0 Å². The molecule has 0 aliphatic heterocycles. The highest BCUT2D eigenvalue weighted by Crippen LogP contribution is 2.29. The molecule has 0 aliphatic rings. The van der Waals surface area contributed by atoms with Crippen LogP contribution in [0.25, 0.3) is 9.88 Å². The molecule has 1 unspecified atom stereocenters. The first kappa shape index (κ1) is 8.80. The summed E-state index contributed by atoms with van der Waals surface area (Å²) in [6, 6.07) is 0.0687. The molecular weight excluding hydrogens is 202 g/mol. The van der Waals surface area contributed by atoms with Gasteiger partial charge in [0, 0.05) is 23.3 Å². The van der Waals surface area contributed by atoms with Crippen molar-refractivity contribution in [2.75, 3.05) is 0 Å². The number of nitrogens with two attached hydrogens (primary N) is 1. The summed E-state index contributed by atoms with van der Waals surface area (Å²) < 4.78 is 0. The van der Waals surface area contributed by atoms with E-state index in [1.165, 1.54) is 0 Å². The second kappa shape index (κ2) is 3.53. The number of nitrogens with zero attached hydrogens (tertiary/aromatic N) is 2. The van der Waals surface area contributed by atoms with Gasteiger partial charge in [-0.3, -0.25) is 4.98 Å². The zero-order valence-electron chi connectivity index (χ0n) is 7.10. The Morgan fingerprint density at radius 2 is 2.31 bits per heavy atom. The number of hydrogen-bond donors (Lipinski definition) is 1. The highest BCUT2D eigenvalue weighted by molar-refractivity contribution is 7.20. The molecule has 0 spiro atoms. The monoisotopic (exact) mass is 211 g/mol. The molecule has 0 radical (unpaired) electrons. The molecule has 2 aromatic rings. The Balaban J connectivity index is 2.33. The Kier molecular flexibility index (Phi) is 2.39. The van der Waals surface area contributed by atoms with E-state index in [1.807, 2.05) is 24.8 Å². The summed E-state index contributed by atoms with van der Waals surface area (Å²) >= 11 is 3.23. The molecule has 0 saturated heterocycles. The van der Waals surface area contributed by atoms with Crippen LogP contribution in [-0.4, -0.2) is 9.97 Å². The zero-order chi connectivity index (χ0) is 9.26. The normalized spacial score (nSPS) is 13.1. The summed E-state index contributed by atoms with van der Waals surface area (Å²) in [6.07, 6.45) is 3.67. The minimum Gasteiger partial charge on any atom is -0.323 e. The molecule has 2 aromatic heterocycles. The maximum absolute atomic E-state index is 5.74. The van der Waals surface area contributed by atoms with Crippen LogP contribution in [0.3, 0.4) is 0 Å². The fourth-order valence-electron chi connectivity index (χ4n) is 0.932. The van der Waals surface area contributed by atoms with Crippen LogP contribution in [0.1, 0.15) is 17.8 Å². The minimum absolute atomic E-state index is 0.0687. The molecule has 2 N–H and O–H groups in total. The minimum atomic E-state index is 0.0687. The van der Waals surface area contributed by atoms with E-state index in [9.17, 15) is 0 Å². The lowest BCUT2D eigenvalue weighted by Gasteiger charge is -1.96. The van der Waals surface area contributed by atoms with Gasteiger partial charge in [-0.05, 0) is 6.92 Å². The third-order valence-electron chi connectivity index (χ3n) is 1.62. The SMILES string of the molecule is CC(N)c1cnc(-c2cncs2)s1. The molecular formula is C8H9N3S2. The Bertz CT molecular complexity index is 378. The van der Waals surface area contributed by atoms with Gasteiger partial charge in [-0.2, -0.15) is 0 Å². The molecule has 0 aromatic carbocycles. The summed E-state index contributed by atoms with van der Waals surface area (Å²) in [5.74, 6) is 0. The van der Waals surface area contributed by atoms with E-state index in [0.717, 1.165) is 14.8 Å². The number of hydrogen-bond acceptors (Lipinski definition) is 5. The predicted octanol–water partition coefficient (Wildman–Crippen LogP) is 2.29. The number of thiazole rings is 2. The molecule has 68 valence electrons. The first-order chi connectivity index (χ1) is 6.27. The molecule has 2 rings (SSSR count). The van der Waals surface area contributed by atoms with Crippen LogP contribution in [0.4, 0.5) is 0 Å².